The molecule has 0 aliphatic rings. The van der Waals surface area contributed by atoms with Crippen molar-refractivity contribution in [3.8, 4) is 0 Å². The van der Waals surface area contributed by atoms with Crippen molar-refractivity contribution in [1.82, 2.24) is 10.2 Å². The van der Waals surface area contributed by atoms with Crippen molar-refractivity contribution in [2.45, 2.75) is 45.3 Å². The van der Waals surface area contributed by atoms with E-state index in [1.807, 2.05) is 0 Å². The van der Waals surface area contributed by atoms with Crippen LogP contribution in [0.15, 0.2) is 0 Å². The minimum absolute atomic E-state index is 0.0471. The number of halogens is 3. The van der Waals surface area contributed by atoms with Crippen LogP contribution in [-0.4, -0.2) is 46.8 Å². The van der Waals surface area contributed by atoms with Crippen molar-refractivity contribution in [1.29, 1.82) is 0 Å². The van der Waals surface area contributed by atoms with E-state index in [-0.39, 0.29) is 13.0 Å². The molecule has 5 nitrogen and oxygen atoms in total. The zero-order valence-electron chi connectivity index (χ0n) is 11.2. The number of carbonyl (C=O) groups excluding carboxylic acids is 1. The molecule has 0 bridgehead atoms. The lowest BCUT2D eigenvalue weighted by Crippen LogP contribution is -2.53. The van der Waals surface area contributed by atoms with Gasteiger partial charge in [0.2, 0.25) is 0 Å². The first-order valence-corrected chi connectivity index (χ1v) is 5.82. The molecule has 0 aromatic carbocycles. The minimum atomic E-state index is -4.48. The molecule has 0 atom stereocenters. The molecule has 0 aromatic heterocycles. The number of nitrogens with one attached hydrogen (secondary N) is 1. The monoisotopic (exact) mass is 284 g/mol. The summed E-state index contributed by atoms with van der Waals surface area (Å²) in [7, 11) is 0. The average molecular weight is 284 g/mol. The molecule has 112 valence electrons. The zero-order chi connectivity index (χ0) is 15.3. The predicted molar refractivity (Wildman–Crippen MR) is 62.8 cm³/mol. The van der Waals surface area contributed by atoms with E-state index in [1.165, 1.54) is 13.8 Å². The number of amides is 2. The van der Waals surface area contributed by atoms with Crippen LogP contribution in [0, 0.1) is 0 Å². The Bertz CT molecular complexity index is 330. The first-order chi connectivity index (χ1) is 8.47. The Morgan fingerprint density at radius 2 is 1.79 bits per heavy atom. The predicted octanol–water partition coefficient (Wildman–Crippen LogP) is 2.22. The van der Waals surface area contributed by atoms with Gasteiger partial charge in [-0.15, -0.1) is 0 Å². The number of alkyl halides is 3. The van der Waals surface area contributed by atoms with Crippen LogP contribution in [-0.2, 0) is 4.79 Å². The topological polar surface area (TPSA) is 69.6 Å². The molecule has 0 spiro atoms. The fourth-order valence-electron chi connectivity index (χ4n) is 1.53. The van der Waals surface area contributed by atoms with Crippen LogP contribution in [0.4, 0.5) is 18.0 Å². The van der Waals surface area contributed by atoms with Gasteiger partial charge in [0.1, 0.15) is 6.54 Å². The van der Waals surface area contributed by atoms with Gasteiger partial charge in [0, 0.05) is 12.1 Å². The second-order valence-corrected chi connectivity index (χ2v) is 4.92. The Kier molecular flexibility index (Phi) is 6.11. The van der Waals surface area contributed by atoms with Gasteiger partial charge >= 0.3 is 18.2 Å². The standard InChI is InChI=1S/C11H19F3N2O3/c1-4-5-16(7-11(12,13)14)9(19)15-10(2,3)6-8(17)18/h4-7H2,1-3H3,(H,15,19)(H,17,18). The second-order valence-electron chi connectivity index (χ2n) is 4.92. The fourth-order valence-corrected chi connectivity index (χ4v) is 1.53. The second kappa shape index (κ2) is 6.63. The number of hydrogen-bond acceptors (Lipinski definition) is 2. The summed E-state index contributed by atoms with van der Waals surface area (Å²) < 4.78 is 36.9. The molecule has 0 aliphatic carbocycles. The Morgan fingerprint density at radius 3 is 2.16 bits per heavy atom. The molecule has 2 amide bonds. The number of carboxylic acids is 1. The summed E-state index contributed by atoms with van der Waals surface area (Å²) >= 11 is 0. The van der Waals surface area contributed by atoms with E-state index in [9.17, 15) is 22.8 Å². The normalized spacial score (nSPS) is 12.1. The smallest absolute Gasteiger partial charge is 0.406 e. The lowest BCUT2D eigenvalue weighted by Gasteiger charge is -2.30. The Morgan fingerprint density at radius 1 is 1.26 bits per heavy atom. The number of carbonyl (C=O) groups is 2. The molecule has 0 aromatic rings. The molecule has 0 saturated carbocycles. The quantitative estimate of drug-likeness (QED) is 0.785. The van der Waals surface area contributed by atoms with Crippen molar-refractivity contribution >= 4 is 12.0 Å². The molecule has 0 rings (SSSR count). The van der Waals surface area contributed by atoms with E-state index in [1.54, 1.807) is 6.92 Å². The van der Waals surface area contributed by atoms with E-state index in [0.717, 1.165) is 0 Å². The maximum atomic E-state index is 12.3. The highest BCUT2D eigenvalue weighted by Gasteiger charge is 2.34. The third-order valence-corrected chi connectivity index (χ3v) is 2.19. The molecule has 0 heterocycles. The fraction of sp³-hybridized carbons (Fsp3) is 0.818. The van der Waals surface area contributed by atoms with Crippen LogP contribution in [0.25, 0.3) is 0 Å². The molecule has 0 fully saturated rings. The summed E-state index contributed by atoms with van der Waals surface area (Å²) in [6, 6.07) is -0.912. The lowest BCUT2D eigenvalue weighted by molar-refractivity contribution is -0.141. The Labute approximate surface area is 109 Å². The number of urea groups is 1. The van der Waals surface area contributed by atoms with Crippen LogP contribution >= 0.6 is 0 Å². The van der Waals surface area contributed by atoms with Gasteiger partial charge in [-0.2, -0.15) is 13.2 Å². The number of aliphatic carboxylic acids is 1. The van der Waals surface area contributed by atoms with Gasteiger partial charge in [-0.25, -0.2) is 4.79 Å². The maximum absolute atomic E-state index is 12.3. The summed E-state index contributed by atoms with van der Waals surface area (Å²) in [5.74, 6) is -1.14. The number of rotatable bonds is 6. The van der Waals surface area contributed by atoms with Gasteiger partial charge in [0.05, 0.1) is 6.42 Å². The molecule has 8 heteroatoms. The maximum Gasteiger partial charge on any atom is 0.406 e. The Balaban J connectivity index is 4.68. The highest BCUT2D eigenvalue weighted by atomic mass is 19.4. The summed E-state index contributed by atoms with van der Waals surface area (Å²) in [5, 5.41) is 10.9. The molecular formula is C11H19F3N2O3. The van der Waals surface area contributed by atoms with Gasteiger partial charge in [0.25, 0.3) is 0 Å². The summed E-state index contributed by atoms with van der Waals surface area (Å²) in [6.45, 7) is 3.14. The third kappa shape index (κ3) is 8.28. The summed E-state index contributed by atoms with van der Waals surface area (Å²) in [5.41, 5.74) is -1.11. The van der Waals surface area contributed by atoms with E-state index in [0.29, 0.717) is 11.3 Å². The van der Waals surface area contributed by atoms with Crippen LogP contribution in [0.1, 0.15) is 33.6 Å². The zero-order valence-corrected chi connectivity index (χ0v) is 11.2. The van der Waals surface area contributed by atoms with Crippen LogP contribution in [0.5, 0.6) is 0 Å². The van der Waals surface area contributed by atoms with Crippen LogP contribution < -0.4 is 5.32 Å². The van der Waals surface area contributed by atoms with Crippen LogP contribution in [0.2, 0.25) is 0 Å². The van der Waals surface area contributed by atoms with Gasteiger partial charge in [-0.1, -0.05) is 6.92 Å². The number of nitrogens with zero attached hydrogens (tertiary/aromatic N) is 1. The van der Waals surface area contributed by atoms with Gasteiger partial charge in [-0.3, -0.25) is 4.79 Å². The van der Waals surface area contributed by atoms with Gasteiger partial charge in [0.15, 0.2) is 0 Å². The first-order valence-electron chi connectivity index (χ1n) is 5.82. The van der Waals surface area contributed by atoms with Crippen molar-refractivity contribution in [2.75, 3.05) is 13.1 Å². The largest absolute Gasteiger partial charge is 0.481 e. The molecule has 2 N–H and O–H groups in total. The lowest BCUT2D eigenvalue weighted by atomic mass is 10.0. The first kappa shape index (κ1) is 17.5. The molecule has 0 radical (unpaired) electrons. The van der Waals surface area contributed by atoms with E-state index in [4.69, 9.17) is 5.11 Å². The highest BCUT2D eigenvalue weighted by Crippen LogP contribution is 2.17. The number of carboxylic acid groups (broad SMARTS) is 1. The van der Waals surface area contributed by atoms with E-state index < -0.39 is 30.3 Å². The van der Waals surface area contributed by atoms with Crippen molar-refractivity contribution in [3.63, 3.8) is 0 Å². The molecule has 0 unspecified atom stereocenters. The van der Waals surface area contributed by atoms with Crippen LogP contribution in [0.3, 0.4) is 0 Å². The van der Waals surface area contributed by atoms with E-state index in [2.05, 4.69) is 5.32 Å². The highest BCUT2D eigenvalue weighted by molar-refractivity contribution is 5.76. The molecule has 0 aliphatic heterocycles. The van der Waals surface area contributed by atoms with Gasteiger partial charge in [-0.05, 0) is 20.3 Å². The summed E-state index contributed by atoms with van der Waals surface area (Å²) in [6.07, 6.45) is -4.48. The minimum Gasteiger partial charge on any atom is -0.481 e. The number of hydrogen-bond donors (Lipinski definition) is 2. The molecule has 0 saturated heterocycles. The molecule has 19 heavy (non-hydrogen) atoms. The van der Waals surface area contributed by atoms with Gasteiger partial charge < -0.3 is 15.3 Å². The van der Waals surface area contributed by atoms with Crippen molar-refractivity contribution in [3.05, 3.63) is 0 Å². The van der Waals surface area contributed by atoms with E-state index >= 15 is 0 Å². The van der Waals surface area contributed by atoms with Crippen molar-refractivity contribution < 1.29 is 27.9 Å². The summed E-state index contributed by atoms with van der Waals surface area (Å²) in [4.78, 5) is 22.9. The van der Waals surface area contributed by atoms with Crippen molar-refractivity contribution in [2.24, 2.45) is 0 Å². The Hall–Kier alpha value is -1.47. The average Bonchev–Trinajstić information content (AvgIpc) is 2.11. The third-order valence-electron chi connectivity index (χ3n) is 2.19. The molecular weight excluding hydrogens is 265 g/mol. The SMILES string of the molecule is CCCN(CC(F)(F)F)C(=O)NC(C)(C)CC(=O)O.